The molecule has 5 nitrogen and oxygen atoms in total. The van der Waals surface area contributed by atoms with Gasteiger partial charge in [-0.1, -0.05) is 12.2 Å². The highest BCUT2D eigenvalue weighted by Crippen LogP contribution is 2.45. The van der Waals surface area contributed by atoms with Crippen LogP contribution in [0.15, 0.2) is 12.2 Å². The van der Waals surface area contributed by atoms with Crippen molar-refractivity contribution in [3.8, 4) is 0 Å². The normalized spacial score (nSPS) is 31.2. The van der Waals surface area contributed by atoms with Crippen LogP contribution in [0.1, 0.15) is 32.6 Å². The topological polar surface area (TPSA) is 83.8 Å². The maximum absolute atomic E-state index is 11.5. The van der Waals surface area contributed by atoms with Crippen LogP contribution in [-0.4, -0.2) is 35.9 Å². The van der Waals surface area contributed by atoms with Crippen molar-refractivity contribution in [2.45, 2.75) is 32.6 Å². The maximum atomic E-state index is 11.5. The van der Waals surface area contributed by atoms with Gasteiger partial charge in [-0.3, -0.25) is 9.59 Å². The number of hydrogen-bond acceptors (Lipinski definition) is 3. The molecule has 1 aliphatic rings. The summed E-state index contributed by atoms with van der Waals surface area (Å²) < 4.78 is 4.92. The average Bonchev–Trinajstić information content (AvgIpc) is 2.29. The molecule has 0 bridgehead atoms. The fraction of sp³-hybridized carbons (Fsp3) is 0.692. The summed E-state index contributed by atoms with van der Waals surface area (Å²) in [6, 6.07) is 0. The smallest absolute Gasteiger partial charge is 0.313 e. The Morgan fingerprint density at radius 2 is 2.00 bits per heavy atom. The lowest BCUT2D eigenvalue weighted by Gasteiger charge is -2.37. The molecule has 102 valence electrons. The van der Waals surface area contributed by atoms with Gasteiger partial charge in [0.15, 0.2) is 0 Å². The Morgan fingerprint density at radius 1 is 1.33 bits per heavy atom. The van der Waals surface area contributed by atoms with E-state index in [1.54, 1.807) is 26.2 Å². The summed E-state index contributed by atoms with van der Waals surface area (Å²) in [6.45, 7) is 2.08. The monoisotopic (exact) mass is 256 g/mol. The van der Waals surface area contributed by atoms with E-state index >= 15 is 0 Å². The largest absolute Gasteiger partial charge is 0.481 e. The number of carboxylic acids is 2. The summed E-state index contributed by atoms with van der Waals surface area (Å²) in [4.78, 5) is 22.8. The summed E-state index contributed by atoms with van der Waals surface area (Å²) in [7, 11) is 1.56. The molecule has 0 fully saturated rings. The number of rotatable bonds is 6. The van der Waals surface area contributed by atoms with Crippen LogP contribution in [0.4, 0.5) is 0 Å². The first-order valence-electron chi connectivity index (χ1n) is 6.00. The van der Waals surface area contributed by atoms with E-state index in [0.717, 1.165) is 0 Å². The number of carboxylic acid groups (broad SMARTS) is 2. The van der Waals surface area contributed by atoms with Crippen molar-refractivity contribution in [3.05, 3.63) is 12.2 Å². The van der Waals surface area contributed by atoms with E-state index in [0.29, 0.717) is 25.9 Å². The van der Waals surface area contributed by atoms with Crippen LogP contribution in [0.5, 0.6) is 0 Å². The molecule has 2 N–H and O–H groups in total. The molecule has 0 aromatic carbocycles. The van der Waals surface area contributed by atoms with Gasteiger partial charge in [-0.15, -0.1) is 0 Å². The van der Waals surface area contributed by atoms with Gasteiger partial charge >= 0.3 is 11.9 Å². The predicted octanol–water partition coefficient (Wildman–Crippen LogP) is 1.92. The zero-order chi connectivity index (χ0) is 13.8. The second-order valence-electron chi connectivity index (χ2n) is 5.21. The van der Waals surface area contributed by atoms with Crippen molar-refractivity contribution in [2.24, 2.45) is 10.8 Å². The molecule has 0 saturated carbocycles. The average molecular weight is 256 g/mol. The van der Waals surface area contributed by atoms with Crippen molar-refractivity contribution in [1.82, 2.24) is 0 Å². The standard InChI is InChI=1S/C13H20O5/c1-12(10(14)15)5-3-6-13(9-12,11(16)17)7-4-8-18-2/h3,6H,4-5,7-9H2,1-2H3,(H,14,15)(H,16,17). The third-order valence-corrected chi connectivity index (χ3v) is 3.62. The second-order valence-corrected chi connectivity index (χ2v) is 5.21. The van der Waals surface area contributed by atoms with E-state index in [9.17, 15) is 19.8 Å². The van der Waals surface area contributed by atoms with Gasteiger partial charge in [0, 0.05) is 13.7 Å². The SMILES string of the molecule is COCCCC1(C(=O)O)C=CCC(C)(C(=O)O)C1. The maximum Gasteiger partial charge on any atom is 0.313 e. The Morgan fingerprint density at radius 3 is 2.50 bits per heavy atom. The minimum atomic E-state index is -1.08. The zero-order valence-corrected chi connectivity index (χ0v) is 10.8. The first kappa shape index (κ1) is 14.7. The van der Waals surface area contributed by atoms with Crippen LogP contribution in [0.2, 0.25) is 0 Å². The Bertz CT molecular complexity index is 362. The van der Waals surface area contributed by atoms with Crippen LogP contribution < -0.4 is 0 Å². The Kier molecular flexibility index (Phi) is 4.51. The van der Waals surface area contributed by atoms with Crippen molar-refractivity contribution in [3.63, 3.8) is 0 Å². The molecule has 2 atom stereocenters. The summed E-state index contributed by atoms with van der Waals surface area (Å²) in [6.07, 6.45) is 4.83. The Labute approximate surface area is 106 Å². The predicted molar refractivity (Wildman–Crippen MR) is 65.3 cm³/mol. The molecule has 0 aliphatic heterocycles. The van der Waals surface area contributed by atoms with Gasteiger partial charge in [0.2, 0.25) is 0 Å². The molecule has 0 aromatic rings. The number of allylic oxidation sites excluding steroid dienone is 1. The second kappa shape index (κ2) is 5.52. The first-order chi connectivity index (χ1) is 8.36. The minimum absolute atomic E-state index is 0.130. The summed E-state index contributed by atoms with van der Waals surface area (Å²) in [5.41, 5.74) is -2.08. The van der Waals surface area contributed by atoms with Crippen LogP contribution in [0.25, 0.3) is 0 Å². The van der Waals surface area contributed by atoms with E-state index in [4.69, 9.17) is 4.74 Å². The molecule has 0 aromatic heterocycles. The lowest BCUT2D eigenvalue weighted by atomic mass is 9.64. The van der Waals surface area contributed by atoms with E-state index in [1.807, 2.05) is 0 Å². The molecule has 0 amide bonds. The molecule has 18 heavy (non-hydrogen) atoms. The van der Waals surface area contributed by atoms with Crippen molar-refractivity contribution < 1.29 is 24.5 Å². The van der Waals surface area contributed by atoms with E-state index < -0.39 is 22.8 Å². The minimum Gasteiger partial charge on any atom is -0.481 e. The summed E-state index contributed by atoms with van der Waals surface area (Å²) in [5.74, 6) is -1.90. The quantitative estimate of drug-likeness (QED) is 0.560. The van der Waals surface area contributed by atoms with Gasteiger partial charge in [-0.2, -0.15) is 0 Å². The highest BCUT2D eigenvalue weighted by molar-refractivity contribution is 5.81. The summed E-state index contributed by atoms with van der Waals surface area (Å²) in [5, 5.41) is 18.6. The van der Waals surface area contributed by atoms with Crippen molar-refractivity contribution >= 4 is 11.9 Å². The van der Waals surface area contributed by atoms with Gasteiger partial charge in [-0.25, -0.2) is 0 Å². The van der Waals surface area contributed by atoms with E-state index in [1.165, 1.54) is 0 Å². The van der Waals surface area contributed by atoms with E-state index in [2.05, 4.69) is 0 Å². The molecule has 2 unspecified atom stereocenters. The van der Waals surface area contributed by atoms with Crippen LogP contribution >= 0.6 is 0 Å². The highest BCUT2D eigenvalue weighted by atomic mass is 16.5. The molecule has 0 radical (unpaired) electrons. The van der Waals surface area contributed by atoms with Crippen molar-refractivity contribution in [2.75, 3.05) is 13.7 Å². The lowest BCUT2D eigenvalue weighted by molar-refractivity contribution is -0.155. The summed E-state index contributed by atoms with van der Waals surface area (Å²) >= 11 is 0. The Balaban J connectivity index is 2.91. The zero-order valence-electron chi connectivity index (χ0n) is 10.8. The van der Waals surface area contributed by atoms with Crippen LogP contribution in [0.3, 0.4) is 0 Å². The molecule has 1 aliphatic carbocycles. The number of hydrogen-bond donors (Lipinski definition) is 2. The van der Waals surface area contributed by atoms with Gasteiger partial charge in [0.05, 0.1) is 10.8 Å². The lowest BCUT2D eigenvalue weighted by Crippen LogP contribution is -2.41. The van der Waals surface area contributed by atoms with Crippen LogP contribution in [0, 0.1) is 10.8 Å². The number of carbonyl (C=O) groups is 2. The molecule has 0 spiro atoms. The number of ether oxygens (including phenoxy) is 1. The molecular weight excluding hydrogens is 236 g/mol. The van der Waals surface area contributed by atoms with Gasteiger partial charge in [0.1, 0.15) is 0 Å². The molecular formula is C13H20O5. The molecule has 1 rings (SSSR count). The fourth-order valence-electron chi connectivity index (χ4n) is 2.49. The fourth-order valence-corrected chi connectivity index (χ4v) is 2.49. The molecule has 0 saturated heterocycles. The van der Waals surface area contributed by atoms with Gasteiger partial charge < -0.3 is 14.9 Å². The van der Waals surface area contributed by atoms with E-state index in [-0.39, 0.29) is 6.42 Å². The van der Waals surface area contributed by atoms with Crippen molar-refractivity contribution in [1.29, 1.82) is 0 Å². The Hall–Kier alpha value is -1.36. The third-order valence-electron chi connectivity index (χ3n) is 3.62. The third kappa shape index (κ3) is 2.90. The highest BCUT2D eigenvalue weighted by Gasteiger charge is 2.47. The van der Waals surface area contributed by atoms with Gasteiger partial charge in [-0.05, 0) is 32.6 Å². The number of methoxy groups -OCH3 is 1. The molecule has 5 heteroatoms. The first-order valence-corrected chi connectivity index (χ1v) is 6.00. The van der Waals surface area contributed by atoms with Crippen LogP contribution in [-0.2, 0) is 14.3 Å². The van der Waals surface area contributed by atoms with Gasteiger partial charge in [0.25, 0.3) is 0 Å². The number of aliphatic carboxylic acids is 2. The molecule has 0 heterocycles.